The van der Waals surface area contributed by atoms with Crippen LogP contribution in [0.5, 0.6) is 0 Å². The molecule has 0 aliphatic heterocycles. The molecule has 0 radical (unpaired) electrons. The van der Waals surface area contributed by atoms with Crippen molar-refractivity contribution in [3.63, 3.8) is 0 Å². The second-order valence-corrected chi connectivity index (χ2v) is 6.97. The zero-order valence-corrected chi connectivity index (χ0v) is 12.7. The van der Waals surface area contributed by atoms with E-state index in [-0.39, 0.29) is 22.5 Å². The first-order valence-corrected chi connectivity index (χ1v) is 8.40. The Balaban J connectivity index is 2.91. The SMILES string of the molecule is CCS(=O)(=O)c1ccccc1NC(=O)C(C)CCCN. The van der Waals surface area contributed by atoms with Gasteiger partial charge >= 0.3 is 0 Å². The van der Waals surface area contributed by atoms with Gasteiger partial charge in [-0.25, -0.2) is 8.42 Å². The van der Waals surface area contributed by atoms with Crippen LogP contribution < -0.4 is 11.1 Å². The highest BCUT2D eigenvalue weighted by atomic mass is 32.2. The monoisotopic (exact) mass is 298 g/mol. The second kappa shape index (κ2) is 7.40. The molecule has 1 unspecified atom stereocenters. The summed E-state index contributed by atoms with van der Waals surface area (Å²) in [5, 5.41) is 2.70. The van der Waals surface area contributed by atoms with E-state index in [2.05, 4.69) is 5.32 Å². The highest BCUT2D eigenvalue weighted by Gasteiger charge is 2.19. The van der Waals surface area contributed by atoms with E-state index in [4.69, 9.17) is 5.73 Å². The molecule has 1 amide bonds. The predicted molar refractivity (Wildman–Crippen MR) is 80.3 cm³/mol. The fourth-order valence-corrected chi connectivity index (χ4v) is 2.86. The van der Waals surface area contributed by atoms with Gasteiger partial charge in [0.25, 0.3) is 0 Å². The molecule has 0 aliphatic carbocycles. The van der Waals surface area contributed by atoms with Gasteiger partial charge in [0.15, 0.2) is 9.84 Å². The minimum absolute atomic E-state index is 0.00259. The lowest BCUT2D eigenvalue weighted by Crippen LogP contribution is -2.22. The summed E-state index contributed by atoms with van der Waals surface area (Å²) in [4.78, 5) is 12.2. The summed E-state index contributed by atoms with van der Waals surface area (Å²) >= 11 is 0. The van der Waals surface area contributed by atoms with E-state index in [1.165, 1.54) is 6.07 Å². The number of amides is 1. The molecule has 0 saturated carbocycles. The molecule has 1 rings (SSSR count). The number of carbonyl (C=O) groups excluding carboxylic acids is 1. The quantitative estimate of drug-likeness (QED) is 0.803. The summed E-state index contributed by atoms with van der Waals surface area (Å²) in [6, 6.07) is 6.47. The minimum Gasteiger partial charge on any atom is -0.330 e. The molecule has 20 heavy (non-hydrogen) atoms. The van der Waals surface area contributed by atoms with Gasteiger partial charge in [0.1, 0.15) is 0 Å². The lowest BCUT2D eigenvalue weighted by Gasteiger charge is -2.14. The highest BCUT2D eigenvalue weighted by Crippen LogP contribution is 2.23. The Kier molecular flexibility index (Phi) is 6.16. The maximum absolute atomic E-state index is 12.0. The number of hydrogen-bond donors (Lipinski definition) is 2. The maximum atomic E-state index is 12.0. The smallest absolute Gasteiger partial charge is 0.227 e. The van der Waals surface area contributed by atoms with E-state index in [0.717, 1.165) is 6.42 Å². The van der Waals surface area contributed by atoms with Crippen molar-refractivity contribution in [1.82, 2.24) is 0 Å². The van der Waals surface area contributed by atoms with Crippen LogP contribution in [0.3, 0.4) is 0 Å². The lowest BCUT2D eigenvalue weighted by atomic mass is 10.0. The second-order valence-electron chi connectivity index (χ2n) is 4.72. The zero-order valence-electron chi connectivity index (χ0n) is 11.9. The molecule has 0 saturated heterocycles. The van der Waals surface area contributed by atoms with Gasteiger partial charge in [0.05, 0.1) is 16.3 Å². The number of para-hydroxylation sites is 1. The Morgan fingerprint density at radius 2 is 2.00 bits per heavy atom. The molecule has 0 aliphatic rings. The van der Waals surface area contributed by atoms with Gasteiger partial charge < -0.3 is 11.1 Å². The van der Waals surface area contributed by atoms with Crippen molar-refractivity contribution < 1.29 is 13.2 Å². The van der Waals surface area contributed by atoms with Crippen molar-refractivity contribution in [2.45, 2.75) is 31.6 Å². The van der Waals surface area contributed by atoms with Crippen LogP contribution in [-0.4, -0.2) is 26.6 Å². The molecule has 0 bridgehead atoms. The number of carbonyl (C=O) groups is 1. The van der Waals surface area contributed by atoms with Crippen molar-refractivity contribution >= 4 is 21.4 Å². The van der Waals surface area contributed by atoms with Gasteiger partial charge in [-0.1, -0.05) is 26.0 Å². The van der Waals surface area contributed by atoms with E-state index < -0.39 is 9.84 Å². The van der Waals surface area contributed by atoms with Crippen molar-refractivity contribution in [3.8, 4) is 0 Å². The average Bonchev–Trinajstić information content (AvgIpc) is 2.45. The van der Waals surface area contributed by atoms with Crippen LogP contribution in [0.25, 0.3) is 0 Å². The fraction of sp³-hybridized carbons (Fsp3) is 0.500. The number of benzene rings is 1. The molecule has 1 aromatic carbocycles. The van der Waals surface area contributed by atoms with E-state index >= 15 is 0 Å². The molecular weight excluding hydrogens is 276 g/mol. The van der Waals surface area contributed by atoms with Gasteiger partial charge in [-0.05, 0) is 31.5 Å². The molecule has 6 heteroatoms. The normalized spacial score (nSPS) is 12.9. The van der Waals surface area contributed by atoms with Gasteiger partial charge in [-0.3, -0.25) is 4.79 Å². The largest absolute Gasteiger partial charge is 0.330 e. The van der Waals surface area contributed by atoms with Gasteiger partial charge in [0, 0.05) is 5.92 Å². The Labute approximate surface area is 120 Å². The standard InChI is InChI=1S/C14H22N2O3S/c1-3-20(18,19)13-9-5-4-8-12(13)16-14(17)11(2)7-6-10-15/h4-5,8-9,11H,3,6-7,10,15H2,1-2H3,(H,16,17). The third-order valence-corrected chi connectivity index (χ3v) is 4.94. The van der Waals surface area contributed by atoms with Crippen molar-refractivity contribution in [2.75, 3.05) is 17.6 Å². The van der Waals surface area contributed by atoms with Gasteiger partial charge in [-0.15, -0.1) is 0 Å². The maximum Gasteiger partial charge on any atom is 0.227 e. The van der Waals surface area contributed by atoms with E-state index in [9.17, 15) is 13.2 Å². The first-order valence-electron chi connectivity index (χ1n) is 6.75. The first-order chi connectivity index (χ1) is 9.42. The molecule has 3 N–H and O–H groups in total. The molecule has 1 aromatic rings. The Morgan fingerprint density at radius 3 is 2.60 bits per heavy atom. The Bertz CT molecular complexity index is 555. The topological polar surface area (TPSA) is 89.3 Å². The van der Waals surface area contributed by atoms with Crippen molar-refractivity contribution in [2.24, 2.45) is 11.7 Å². The molecule has 0 fully saturated rings. The molecule has 0 heterocycles. The molecule has 0 spiro atoms. The number of hydrogen-bond acceptors (Lipinski definition) is 4. The number of nitrogens with one attached hydrogen (secondary N) is 1. The summed E-state index contributed by atoms with van der Waals surface area (Å²) in [5.74, 6) is -0.379. The summed E-state index contributed by atoms with van der Waals surface area (Å²) in [6.45, 7) is 3.93. The van der Waals surface area contributed by atoms with E-state index in [1.807, 2.05) is 6.92 Å². The Hall–Kier alpha value is -1.40. The number of nitrogens with two attached hydrogens (primary N) is 1. The molecule has 112 valence electrons. The first kappa shape index (κ1) is 16.7. The lowest BCUT2D eigenvalue weighted by molar-refractivity contribution is -0.119. The van der Waals surface area contributed by atoms with E-state index in [0.29, 0.717) is 18.7 Å². The molecule has 1 atom stereocenters. The molecule has 0 aromatic heterocycles. The van der Waals surface area contributed by atoms with Crippen LogP contribution in [0.1, 0.15) is 26.7 Å². The van der Waals surface area contributed by atoms with Gasteiger partial charge in [-0.2, -0.15) is 0 Å². The predicted octanol–water partition coefficient (Wildman–Crippen LogP) is 1.79. The third-order valence-electron chi connectivity index (χ3n) is 3.15. The van der Waals surface area contributed by atoms with Crippen LogP contribution in [0.2, 0.25) is 0 Å². The van der Waals surface area contributed by atoms with Crippen LogP contribution >= 0.6 is 0 Å². The van der Waals surface area contributed by atoms with Crippen LogP contribution in [0.4, 0.5) is 5.69 Å². The van der Waals surface area contributed by atoms with Crippen molar-refractivity contribution in [1.29, 1.82) is 0 Å². The zero-order chi connectivity index (χ0) is 15.2. The van der Waals surface area contributed by atoms with Crippen LogP contribution in [0, 0.1) is 5.92 Å². The summed E-state index contributed by atoms with van der Waals surface area (Å²) in [5.41, 5.74) is 5.76. The molecular formula is C14H22N2O3S. The third kappa shape index (κ3) is 4.31. The Morgan fingerprint density at radius 1 is 1.35 bits per heavy atom. The number of rotatable bonds is 7. The molecule has 5 nitrogen and oxygen atoms in total. The number of anilines is 1. The van der Waals surface area contributed by atoms with Crippen LogP contribution in [-0.2, 0) is 14.6 Å². The fourth-order valence-electron chi connectivity index (χ4n) is 1.81. The van der Waals surface area contributed by atoms with Crippen LogP contribution in [0.15, 0.2) is 29.2 Å². The van der Waals surface area contributed by atoms with E-state index in [1.54, 1.807) is 25.1 Å². The summed E-state index contributed by atoms with van der Waals surface area (Å²) < 4.78 is 24.0. The van der Waals surface area contributed by atoms with Gasteiger partial charge in [0.2, 0.25) is 5.91 Å². The summed E-state index contributed by atoms with van der Waals surface area (Å²) in [6.07, 6.45) is 1.45. The summed E-state index contributed by atoms with van der Waals surface area (Å²) in [7, 11) is -3.35. The number of sulfone groups is 1. The van der Waals surface area contributed by atoms with Crippen molar-refractivity contribution in [3.05, 3.63) is 24.3 Å². The minimum atomic E-state index is -3.35. The average molecular weight is 298 g/mol. The highest BCUT2D eigenvalue weighted by molar-refractivity contribution is 7.91.